The predicted octanol–water partition coefficient (Wildman–Crippen LogP) is 3.36. The lowest BCUT2D eigenvalue weighted by molar-refractivity contribution is -0.131. The molecule has 0 radical (unpaired) electrons. The fourth-order valence-corrected chi connectivity index (χ4v) is 3.06. The van der Waals surface area contributed by atoms with Gasteiger partial charge in [-0.2, -0.15) is 5.10 Å². The molecule has 1 aliphatic heterocycles. The molecule has 0 unspecified atom stereocenters. The minimum Gasteiger partial charge on any atom is -0.367 e. The molecule has 3 rings (SSSR count). The SMILES string of the molecule is CCc1n[nH]c(CN2C[C@@H](c3ccccc3)O[C@@H](C(C)(C)C)C2)n1. The Labute approximate surface area is 144 Å². The van der Waals surface area contributed by atoms with Crippen molar-refractivity contribution in [2.45, 2.75) is 52.9 Å². The van der Waals surface area contributed by atoms with Crippen LogP contribution in [-0.2, 0) is 17.7 Å². The van der Waals surface area contributed by atoms with Crippen molar-refractivity contribution in [2.75, 3.05) is 13.1 Å². The number of benzene rings is 1. The van der Waals surface area contributed by atoms with E-state index in [-0.39, 0.29) is 17.6 Å². The number of morpholine rings is 1. The van der Waals surface area contributed by atoms with Crippen molar-refractivity contribution < 1.29 is 4.74 Å². The van der Waals surface area contributed by atoms with Gasteiger partial charge >= 0.3 is 0 Å². The fourth-order valence-electron chi connectivity index (χ4n) is 3.06. The minimum atomic E-state index is 0.0951. The molecule has 0 amide bonds. The number of nitrogens with one attached hydrogen (secondary N) is 1. The number of aromatic nitrogens is 3. The third kappa shape index (κ3) is 4.02. The third-order valence-corrected chi connectivity index (χ3v) is 4.58. The molecule has 24 heavy (non-hydrogen) atoms. The minimum absolute atomic E-state index is 0.0951. The number of ether oxygens (including phenoxy) is 1. The van der Waals surface area contributed by atoms with Gasteiger partial charge in [0.25, 0.3) is 0 Å². The quantitative estimate of drug-likeness (QED) is 0.935. The summed E-state index contributed by atoms with van der Waals surface area (Å²) in [6.07, 6.45) is 1.14. The van der Waals surface area contributed by atoms with Crippen molar-refractivity contribution >= 4 is 0 Å². The van der Waals surface area contributed by atoms with Crippen LogP contribution in [0.1, 0.15) is 51.0 Å². The van der Waals surface area contributed by atoms with Gasteiger partial charge in [-0.05, 0) is 11.0 Å². The fraction of sp³-hybridized carbons (Fsp3) is 0.579. The summed E-state index contributed by atoms with van der Waals surface area (Å²) in [6, 6.07) is 10.5. The van der Waals surface area contributed by atoms with Gasteiger partial charge < -0.3 is 4.74 Å². The molecule has 1 N–H and O–H groups in total. The van der Waals surface area contributed by atoms with E-state index >= 15 is 0 Å². The largest absolute Gasteiger partial charge is 0.367 e. The molecule has 0 bridgehead atoms. The molecule has 1 aromatic carbocycles. The van der Waals surface area contributed by atoms with Crippen molar-refractivity contribution in [1.29, 1.82) is 0 Å². The molecule has 0 saturated carbocycles. The van der Waals surface area contributed by atoms with Crippen molar-refractivity contribution in [2.24, 2.45) is 5.41 Å². The Morgan fingerprint density at radius 3 is 2.58 bits per heavy atom. The Balaban J connectivity index is 1.77. The summed E-state index contributed by atoms with van der Waals surface area (Å²) < 4.78 is 6.44. The first-order valence-electron chi connectivity index (χ1n) is 8.78. The first-order valence-corrected chi connectivity index (χ1v) is 8.78. The van der Waals surface area contributed by atoms with Crippen LogP contribution in [-0.4, -0.2) is 39.3 Å². The van der Waals surface area contributed by atoms with Crippen molar-refractivity contribution in [3.63, 3.8) is 0 Å². The van der Waals surface area contributed by atoms with E-state index in [1.807, 2.05) is 6.07 Å². The van der Waals surface area contributed by atoms with Crippen LogP contribution in [0.3, 0.4) is 0 Å². The van der Waals surface area contributed by atoms with Gasteiger partial charge in [-0.15, -0.1) is 0 Å². The highest BCUT2D eigenvalue weighted by Gasteiger charge is 2.35. The number of aryl methyl sites for hydroxylation is 1. The molecule has 1 aliphatic rings. The Kier molecular flexibility index (Phi) is 5.01. The summed E-state index contributed by atoms with van der Waals surface area (Å²) in [7, 11) is 0. The van der Waals surface area contributed by atoms with E-state index in [1.54, 1.807) is 0 Å². The third-order valence-electron chi connectivity index (χ3n) is 4.58. The molecule has 2 heterocycles. The molecule has 1 fully saturated rings. The van der Waals surface area contributed by atoms with Gasteiger partial charge in [0.2, 0.25) is 0 Å². The van der Waals surface area contributed by atoms with Crippen LogP contribution in [0.5, 0.6) is 0 Å². The van der Waals surface area contributed by atoms with Crippen LogP contribution in [0.25, 0.3) is 0 Å². The van der Waals surface area contributed by atoms with Gasteiger partial charge in [-0.25, -0.2) is 4.98 Å². The molecule has 5 nitrogen and oxygen atoms in total. The first-order chi connectivity index (χ1) is 11.5. The average Bonchev–Trinajstić information content (AvgIpc) is 3.02. The molecule has 2 atom stereocenters. The maximum atomic E-state index is 6.44. The van der Waals surface area contributed by atoms with E-state index in [1.165, 1.54) is 5.56 Å². The lowest BCUT2D eigenvalue weighted by Crippen LogP contribution is -2.48. The van der Waals surface area contributed by atoms with E-state index in [0.717, 1.165) is 37.7 Å². The predicted molar refractivity (Wildman–Crippen MR) is 94.5 cm³/mol. The second kappa shape index (κ2) is 7.03. The van der Waals surface area contributed by atoms with E-state index in [2.05, 4.69) is 72.0 Å². The molecular formula is C19H28N4O. The Morgan fingerprint density at radius 2 is 1.96 bits per heavy atom. The number of nitrogens with zero attached hydrogens (tertiary/aromatic N) is 3. The van der Waals surface area contributed by atoms with E-state index in [0.29, 0.717) is 0 Å². The van der Waals surface area contributed by atoms with Gasteiger partial charge in [0.05, 0.1) is 18.8 Å². The summed E-state index contributed by atoms with van der Waals surface area (Å²) in [6.45, 7) is 11.4. The summed E-state index contributed by atoms with van der Waals surface area (Å²) in [4.78, 5) is 6.99. The van der Waals surface area contributed by atoms with Gasteiger partial charge in [0.1, 0.15) is 11.6 Å². The van der Waals surface area contributed by atoms with Crippen LogP contribution in [0.4, 0.5) is 0 Å². The smallest absolute Gasteiger partial charge is 0.150 e. The zero-order valence-corrected chi connectivity index (χ0v) is 15.1. The zero-order chi connectivity index (χ0) is 17.2. The summed E-state index contributed by atoms with van der Waals surface area (Å²) >= 11 is 0. The number of hydrogen-bond acceptors (Lipinski definition) is 4. The van der Waals surface area contributed by atoms with Crippen LogP contribution < -0.4 is 0 Å². The van der Waals surface area contributed by atoms with Crippen LogP contribution in [0.2, 0.25) is 0 Å². The molecule has 1 aromatic heterocycles. The molecular weight excluding hydrogens is 300 g/mol. The normalized spacial score (nSPS) is 22.7. The van der Waals surface area contributed by atoms with Gasteiger partial charge in [0.15, 0.2) is 0 Å². The summed E-state index contributed by atoms with van der Waals surface area (Å²) in [5, 5.41) is 7.32. The molecule has 130 valence electrons. The Bertz CT molecular complexity index is 647. The zero-order valence-electron chi connectivity index (χ0n) is 15.1. The van der Waals surface area contributed by atoms with Crippen LogP contribution in [0, 0.1) is 5.41 Å². The lowest BCUT2D eigenvalue weighted by atomic mass is 9.87. The highest BCUT2D eigenvalue weighted by atomic mass is 16.5. The standard InChI is InChI=1S/C19H28N4O/c1-5-17-20-18(22-21-17)13-23-11-15(14-9-7-6-8-10-14)24-16(12-23)19(2,3)4/h6-10,15-16H,5,11-13H2,1-4H3,(H,20,21,22)/t15-,16+/m0/s1. The topological polar surface area (TPSA) is 54.0 Å². The molecule has 1 saturated heterocycles. The van der Waals surface area contributed by atoms with E-state index in [4.69, 9.17) is 4.74 Å². The summed E-state index contributed by atoms with van der Waals surface area (Å²) in [5.74, 6) is 1.82. The van der Waals surface area contributed by atoms with E-state index in [9.17, 15) is 0 Å². The maximum Gasteiger partial charge on any atom is 0.150 e. The lowest BCUT2D eigenvalue weighted by Gasteiger charge is -2.43. The average molecular weight is 328 g/mol. The van der Waals surface area contributed by atoms with Crippen molar-refractivity contribution in [3.05, 3.63) is 47.5 Å². The molecule has 2 aromatic rings. The van der Waals surface area contributed by atoms with Crippen molar-refractivity contribution in [3.8, 4) is 0 Å². The van der Waals surface area contributed by atoms with Crippen LogP contribution in [0.15, 0.2) is 30.3 Å². The molecule has 0 aliphatic carbocycles. The number of rotatable bonds is 4. The molecule has 0 spiro atoms. The first kappa shape index (κ1) is 17.1. The number of aromatic amines is 1. The number of H-pyrrole nitrogens is 1. The maximum absolute atomic E-state index is 6.44. The molecule has 5 heteroatoms. The van der Waals surface area contributed by atoms with Crippen molar-refractivity contribution in [1.82, 2.24) is 20.1 Å². The Morgan fingerprint density at radius 1 is 1.21 bits per heavy atom. The second-order valence-electron chi connectivity index (χ2n) is 7.64. The monoisotopic (exact) mass is 328 g/mol. The van der Waals surface area contributed by atoms with Gasteiger partial charge in [0, 0.05) is 19.5 Å². The number of hydrogen-bond donors (Lipinski definition) is 1. The van der Waals surface area contributed by atoms with Gasteiger partial charge in [-0.1, -0.05) is 58.0 Å². The van der Waals surface area contributed by atoms with Gasteiger partial charge in [-0.3, -0.25) is 10.00 Å². The summed E-state index contributed by atoms with van der Waals surface area (Å²) in [5.41, 5.74) is 1.34. The highest BCUT2D eigenvalue weighted by Crippen LogP contribution is 2.33. The highest BCUT2D eigenvalue weighted by molar-refractivity contribution is 5.18. The van der Waals surface area contributed by atoms with E-state index < -0.39 is 0 Å². The second-order valence-corrected chi connectivity index (χ2v) is 7.64. The van der Waals surface area contributed by atoms with Crippen LogP contribution >= 0.6 is 0 Å². The Hall–Kier alpha value is -1.72.